The second-order valence-corrected chi connectivity index (χ2v) is 10.5. The van der Waals surface area contributed by atoms with Gasteiger partial charge in [-0.2, -0.15) is 23.0 Å². The summed E-state index contributed by atoms with van der Waals surface area (Å²) in [6.07, 6.45) is -2.25. The second kappa shape index (κ2) is 11.4. The van der Waals surface area contributed by atoms with Crippen molar-refractivity contribution in [3.05, 3.63) is 129 Å². The molecule has 0 bridgehead atoms. The van der Waals surface area contributed by atoms with Gasteiger partial charge in [0, 0.05) is 35.3 Å². The number of pyridine rings is 1. The third-order valence-electron chi connectivity index (χ3n) is 7.96. The number of fused-ring (bicyclic) bond motifs is 2. The maximum Gasteiger partial charge on any atom is 0.416 e. The molecule has 1 aliphatic rings. The van der Waals surface area contributed by atoms with Crippen LogP contribution in [0.2, 0.25) is 0 Å². The highest BCUT2D eigenvalue weighted by molar-refractivity contribution is 5.93. The number of methoxy groups -OCH3 is 1. The molecule has 6 rings (SSSR count). The molecule has 3 heterocycles. The molecule has 226 valence electrons. The normalized spacial score (nSPS) is 14.8. The van der Waals surface area contributed by atoms with Gasteiger partial charge in [0.25, 0.3) is 0 Å². The molecule has 0 fully saturated rings. The number of anilines is 2. The van der Waals surface area contributed by atoms with Crippen molar-refractivity contribution < 1.29 is 27.3 Å². The third kappa shape index (κ3) is 5.22. The largest absolute Gasteiger partial charge is 0.466 e. The maximum atomic E-state index is 13.7. The molecule has 5 aromatic rings. The molecule has 0 saturated heterocycles. The number of hydrogen-bond donors (Lipinski definition) is 1. The fourth-order valence-electron chi connectivity index (χ4n) is 5.89. The van der Waals surface area contributed by atoms with E-state index in [1.165, 1.54) is 28.7 Å². The van der Waals surface area contributed by atoms with Gasteiger partial charge in [-0.25, -0.2) is 19.3 Å². The molecule has 1 N–H and O–H groups in total. The van der Waals surface area contributed by atoms with Gasteiger partial charge < -0.3 is 4.74 Å². The first-order valence-corrected chi connectivity index (χ1v) is 14.0. The monoisotopic (exact) mass is 611 g/mol. The van der Waals surface area contributed by atoms with E-state index in [-0.39, 0.29) is 22.9 Å². The number of aromatic nitrogens is 4. The second-order valence-electron chi connectivity index (χ2n) is 10.5. The standard InChI is InChI=1S/C33H25F3N6O3/c1-20-28(30(43)45-2)29(42-31(38-39-32(42)44)41(20)25-10-5-9-24(18-25)33(34,35)36)26-13-12-21(19-37)17-23(26)14-16-40-15-6-8-22-7-3-4-11-27(22)40/h3-13,15,17-18,29H,14,16H2,1-2H3/p+1. The summed E-state index contributed by atoms with van der Waals surface area (Å²) >= 11 is 0. The van der Waals surface area contributed by atoms with E-state index in [0.717, 1.165) is 23.0 Å². The molecule has 0 saturated carbocycles. The van der Waals surface area contributed by atoms with Crippen LogP contribution < -0.4 is 15.2 Å². The maximum absolute atomic E-state index is 13.7. The number of carbonyl (C=O) groups excluding carboxylic acids is 1. The lowest BCUT2D eigenvalue weighted by molar-refractivity contribution is -0.670. The average Bonchev–Trinajstić information content (AvgIpc) is 3.42. The molecule has 0 aliphatic carbocycles. The number of halogens is 3. The fraction of sp³-hybridized carbons (Fsp3) is 0.182. The molecule has 1 aliphatic heterocycles. The van der Waals surface area contributed by atoms with Crippen molar-refractivity contribution in [2.24, 2.45) is 0 Å². The number of benzene rings is 3. The molecular formula is C33H26F3N6O3+. The Kier molecular flexibility index (Phi) is 7.46. The van der Waals surface area contributed by atoms with Gasteiger partial charge in [-0.05, 0) is 60.5 Å². The number of carbonyl (C=O) groups is 1. The number of hydrogen-bond acceptors (Lipinski definition) is 6. The predicted octanol–water partition coefficient (Wildman–Crippen LogP) is 5.33. The molecule has 0 radical (unpaired) electrons. The molecule has 0 spiro atoms. The minimum Gasteiger partial charge on any atom is -0.466 e. The van der Waals surface area contributed by atoms with Crippen molar-refractivity contribution in [3.63, 3.8) is 0 Å². The number of aryl methyl sites for hydroxylation is 2. The van der Waals surface area contributed by atoms with Crippen molar-refractivity contribution in [3.8, 4) is 6.07 Å². The van der Waals surface area contributed by atoms with Crippen LogP contribution >= 0.6 is 0 Å². The zero-order chi connectivity index (χ0) is 31.9. The van der Waals surface area contributed by atoms with Gasteiger partial charge in [-0.1, -0.05) is 24.3 Å². The van der Waals surface area contributed by atoms with E-state index in [1.807, 2.05) is 42.6 Å². The third-order valence-corrected chi connectivity index (χ3v) is 7.96. The van der Waals surface area contributed by atoms with Crippen LogP contribution in [0.15, 0.2) is 101 Å². The van der Waals surface area contributed by atoms with Crippen molar-refractivity contribution in [1.29, 1.82) is 5.26 Å². The van der Waals surface area contributed by atoms with Crippen molar-refractivity contribution in [2.75, 3.05) is 12.0 Å². The van der Waals surface area contributed by atoms with E-state index in [4.69, 9.17) is 4.74 Å². The summed E-state index contributed by atoms with van der Waals surface area (Å²) in [7, 11) is 1.19. The lowest BCUT2D eigenvalue weighted by Gasteiger charge is -2.36. The van der Waals surface area contributed by atoms with Crippen LogP contribution in [0.4, 0.5) is 24.8 Å². The van der Waals surface area contributed by atoms with Gasteiger partial charge in [0.2, 0.25) is 11.5 Å². The van der Waals surface area contributed by atoms with Crippen molar-refractivity contribution in [1.82, 2.24) is 14.8 Å². The smallest absolute Gasteiger partial charge is 0.416 e. The van der Waals surface area contributed by atoms with E-state index >= 15 is 0 Å². The number of rotatable bonds is 6. The predicted molar refractivity (Wildman–Crippen MR) is 158 cm³/mol. The molecule has 45 heavy (non-hydrogen) atoms. The number of allylic oxidation sites excluding steroid dienone is 1. The number of para-hydroxylation sites is 1. The highest BCUT2D eigenvalue weighted by Gasteiger charge is 2.41. The van der Waals surface area contributed by atoms with E-state index in [0.29, 0.717) is 29.7 Å². The SMILES string of the molecule is COC(=O)C1=C(C)N(c2cccc(C(F)(F)F)c2)c2n[nH]c(=O)n2C1c1ccc(C#N)cc1CC[n+]1cccc2ccccc21. The first kappa shape index (κ1) is 29.4. The number of nitrogens with one attached hydrogen (secondary N) is 1. The lowest BCUT2D eigenvalue weighted by Crippen LogP contribution is -2.38. The number of ether oxygens (including phenoxy) is 1. The Bertz CT molecular complexity index is 2080. The molecule has 0 amide bonds. The molecule has 2 aromatic heterocycles. The van der Waals surface area contributed by atoms with Gasteiger partial charge in [0.05, 0.1) is 29.9 Å². The Balaban J connectivity index is 1.52. The van der Waals surface area contributed by atoms with Gasteiger partial charge in [-0.3, -0.25) is 4.90 Å². The van der Waals surface area contributed by atoms with Crippen LogP contribution in [-0.4, -0.2) is 27.8 Å². The van der Waals surface area contributed by atoms with Crippen LogP contribution in [0.3, 0.4) is 0 Å². The highest BCUT2D eigenvalue weighted by Crippen LogP contribution is 2.43. The fourth-order valence-corrected chi connectivity index (χ4v) is 5.89. The van der Waals surface area contributed by atoms with Gasteiger partial charge >= 0.3 is 17.8 Å². The molecule has 1 unspecified atom stereocenters. The summed E-state index contributed by atoms with van der Waals surface area (Å²) in [5.74, 6) is -0.778. The quantitative estimate of drug-likeness (QED) is 0.205. The zero-order valence-electron chi connectivity index (χ0n) is 24.2. The summed E-state index contributed by atoms with van der Waals surface area (Å²) in [6, 6.07) is 22.5. The van der Waals surface area contributed by atoms with Crippen LogP contribution in [0.25, 0.3) is 10.9 Å². The van der Waals surface area contributed by atoms with E-state index < -0.39 is 29.4 Å². The Morgan fingerprint density at radius 1 is 1.09 bits per heavy atom. The molecule has 3 aromatic carbocycles. The van der Waals surface area contributed by atoms with E-state index in [2.05, 4.69) is 20.8 Å². The van der Waals surface area contributed by atoms with Crippen LogP contribution in [0.1, 0.15) is 35.2 Å². The summed E-state index contributed by atoms with van der Waals surface area (Å²) in [4.78, 5) is 28.2. The van der Waals surface area contributed by atoms with Crippen molar-refractivity contribution in [2.45, 2.75) is 32.1 Å². The van der Waals surface area contributed by atoms with Crippen molar-refractivity contribution >= 4 is 28.5 Å². The zero-order valence-corrected chi connectivity index (χ0v) is 24.2. The van der Waals surface area contributed by atoms with Gasteiger partial charge in [0.1, 0.15) is 6.04 Å². The Morgan fingerprint density at radius 3 is 2.62 bits per heavy atom. The number of H-pyrrole nitrogens is 1. The number of nitrogens with zero attached hydrogens (tertiary/aromatic N) is 5. The van der Waals surface area contributed by atoms with E-state index in [1.54, 1.807) is 25.1 Å². The molecule has 1 atom stereocenters. The Hall–Kier alpha value is -5.70. The average molecular weight is 612 g/mol. The summed E-state index contributed by atoms with van der Waals surface area (Å²) < 4.78 is 49.4. The number of nitriles is 1. The number of alkyl halides is 3. The lowest BCUT2D eigenvalue weighted by atomic mass is 9.89. The summed E-state index contributed by atoms with van der Waals surface area (Å²) in [5, 5.41) is 17.3. The minimum absolute atomic E-state index is 0.00628. The molecule has 9 nitrogen and oxygen atoms in total. The topological polar surface area (TPSA) is 108 Å². The Labute approximate surface area is 255 Å². The van der Waals surface area contributed by atoms with Crippen LogP contribution in [0, 0.1) is 11.3 Å². The number of esters is 1. The minimum atomic E-state index is -4.62. The summed E-state index contributed by atoms with van der Waals surface area (Å²) in [5.41, 5.74) is 1.37. The number of aromatic amines is 1. The summed E-state index contributed by atoms with van der Waals surface area (Å²) in [6.45, 7) is 2.08. The van der Waals surface area contributed by atoms with Gasteiger partial charge in [0.15, 0.2) is 12.7 Å². The molecular weight excluding hydrogens is 585 g/mol. The van der Waals surface area contributed by atoms with Crippen LogP contribution in [-0.2, 0) is 28.7 Å². The first-order valence-electron chi connectivity index (χ1n) is 14.0. The Morgan fingerprint density at radius 2 is 1.87 bits per heavy atom. The highest BCUT2D eigenvalue weighted by atomic mass is 19.4. The first-order chi connectivity index (χ1) is 21.6. The van der Waals surface area contributed by atoms with Gasteiger partial charge in [-0.15, -0.1) is 5.10 Å². The van der Waals surface area contributed by atoms with Crippen LogP contribution in [0.5, 0.6) is 0 Å². The molecule has 12 heteroatoms. The van der Waals surface area contributed by atoms with E-state index in [9.17, 15) is 28.0 Å².